The van der Waals surface area contributed by atoms with Crippen LogP contribution >= 0.6 is 0 Å². The van der Waals surface area contributed by atoms with Crippen molar-refractivity contribution in [2.24, 2.45) is 0 Å². The number of rotatable bonds is 6. The SMILES string of the molecule is CCOC(=O)C1(C(=O)c2ccccc2)c2ccc3ccccc3c2NC1(C(=O)OC)C(=O)OC. The lowest BCUT2D eigenvalue weighted by molar-refractivity contribution is -0.169. The van der Waals surface area contributed by atoms with Gasteiger partial charge in [0, 0.05) is 22.2 Å². The molecule has 0 radical (unpaired) electrons. The number of fused-ring (bicyclic) bond motifs is 3. The molecule has 8 nitrogen and oxygen atoms in total. The zero-order valence-corrected chi connectivity index (χ0v) is 18.9. The third kappa shape index (κ3) is 2.91. The molecule has 0 saturated carbocycles. The van der Waals surface area contributed by atoms with Crippen LogP contribution in [0.2, 0.25) is 0 Å². The van der Waals surface area contributed by atoms with E-state index in [1.165, 1.54) is 12.1 Å². The smallest absolute Gasteiger partial charge is 0.345 e. The second-order valence-electron chi connectivity index (χ2n) is 7.73. The standard InChI is InChI=1S/C26H23NO7/c1-4-34-22(29)25(21(28)17-11-6-5-7-12-17)19-15-14-16-10-8-9-13-18(16)20(19)27-26(25,23(30)32-2)24(31)33-3/h5-15,27H,4H2,1-3H3. The molecule has 174 valence electrons. The molecule has 34 heavy (non-hydrogen) atoms. The van der Waals surface area contributed by atoms with Crippen LogP contribution in [0.15, 0.2) is 66.7 Å². The minimum absolute atomic E-state index is 0.0933. The lowest BCUT2D eigenvalue weighted by atomic mass is 9.63. The molecule has 1 unspecified atom stereocenters. The van der Waals surface area contributed by atoms with Gasteiger partial charge >= 0.3 is 17.9 Å². The predicted octanol–water partition coefficient (Wildman–Crippen LogP) is 3.03. The number of ketones is 1. The Labute approximate surface area is 195 Å². The van der Waals surface area contributed by atoms with Crippen molar-refractivity contribution in [3.63, 3.8) is 0 Å². The molecule has 0 bridgehead atoms. The van der Waals surface area contributed by atoms with Gasteiger partial charge in [0.15, 0.2) is 5.78 Å². The highest BCUT2D eigenvalue weighted by molar-refractivity contribution is 6.32. The van der Waals surface area contributed by atoms with Crippen LogP contribution in [-0.2, 0) is 34.0 Å². The second kappa shape index (κ2) is 8.62. The number of carbonyl (C=O) groups is 4. The third-order valence-corrected chi connectivity index (χ3v) is 6.15. The maximum absolute atomic E-state index is 14.3. The molecule has 0 saturated heterocycles. The molecule has 3 aromatic carbocycles. The van der Waals surface area contributed by atoms with Crippen LogP contribution in [0.1, 0.15) is 22.8 Å². The number of benzene rings is 3. The Morgan fingerprint density at radius 1 is 0.794 bits per heavy atom. The fourth-order valence-electron chi connectivity index (χ4n) is 4.69. The first-order chi connectivity index (χ1) is 16.4. The van der Waals surface area contributed by atoms with Gasteiger partial charge in [-0.15, -0.1) is 0 Å². The first kappa shape index (κ1) is 23.0. The number of esters is 3. The van der Waals surface area contributed by atoms with Gasteiger partial charge in [-0.05, 0) is 12.3 Å². The number of hydrogen-bond acceptors (Lipinski definition) is 8. The van der Waals surface area contributed by atoms with Crippen LogP contribution in [0.5, 0.6) is 0 Å². The zero-order chi connectivity index (χ0) is 24.5. The molecule has 0 spiro atoms. The number of nitrogens with one attached hydrogen (secondary N) is 1. The summed E-state index contributed by atoms with van der Waals surface area (Å²) < 4.78 is 15.4. The largest absolute Gasteiger partial charge is 0.467 e. The normalized spacial score (nSPS) is 17.9. The second-order valence-corrected chi connectivity index (χ2v) is 7.73. The van der Waals surface area contributed by atoms with Gasteiger partial charge in [0.25, 0.3) is 5.54 Å². The van der Waals surface area contributed by atoms with Crippen LogP contribution in [0, 0.1) is 0 Å². The van der Waals surface area contributed by atoms with E-state index in [9.17, 15) is 19.2 Å². The van der Waals surface area contributed by atoms with E-state index in [1.54, 1.807) is 49.4 Å². The summed E-state index contributed by atoms with van der Waals surface area (Å²) in [4.78, 5) is 55.0. The Balaban J connectivity index is 2.20. The lowest BCUT2D eigenvalue weighted by Gasteiger charge is -2.38. The highest BCUT2D eigenvalue weighted by atomic mass is 16.6. The number of ether oxygens (including phenoxy) is 3. The summed E-state index contributed by atoms with van der Waals surface area (Å²) in [5, 5.41) is 4.27. The van der Waals surface area contributed by atoms with E-state index in [0.717, 1.165) is 19.6 Å². The van der Waals surface area contributed by atoms with Crippen LogP contribution in [0.25, 0.3) is 10.8 Å². The van der Waals surface area contributed by atoms with Crippen LogP contribution < -0.4 is 5.32 Å². The number of methoxy groups -OCH3 is 2. The molecular weight excluding hydrogens is 438 g/mol. The van der Waals surface area contributed by atoms with Crippen molar-refractivity contribution in [1.29, 1.82) is 0 Å². The Morgan fingerprint density at radius 3 is 2.03 bits per heavy atom. The van der Waals surface area contributed by atoms with E-state index >= 15 is 0 Å². The Kier molecular flexibility index (Phi) is 5.83. The minimum atomic E-state index is -2.57. The van der Waals surface area contributed by atoms with Gasteiger partial charge in [0.05, 0.1) is 20.8 Å². The van der Waals surface area contributed by atoms with Gasteiger partial charge in [0.1, 0.15) is 0 Å². The molecule has 0 aliphatic carbocycles. The molecule has 0 fully saturated rings. The van der Waals surface area contributed by atoms with Crippen LogP contribution in [-0.4, -0.2) is 50.1 Å². The van der Waals surface area contributed by atoms with Crippen molar-refractivity contribution in [1.82, 2.24) is 0 Å². The van der Waals surface area contributed by atoms with Crippen molar-refractivity contribution in [2.75, 3.05) is 26.1 Å². The van der Waals surface area contributed by atoms with Gasteiger partial charge in [0.2, 0.25) is 5.41 Å². The minimum Gasteiger partial charge on any atom is -0.467 e. The Bertz CT molecular complexity index is 1290. The molecule has 4 rings (SSSR count). The van der Waals surface area contributed by atoms with Crippen molar-refractivity contribution >= 4 is 40.2 Å². The summed E-state index contributed by atoms with van der Waals surface area (Å²) in [5.74, 6) is -4.18. The molecular formula is C26H23NO7. The summed E-state index contributed by atoms with van der Waals surface area (Å²) in [5.41, 5.74) is -4.53. The van der Waals surface area contributed by atoms with Gasteiger partial charge in [-0.25, -0.2) is 9.59 Å². The van der Waals surface area contributed by atoms with E-state index in [2.05, 4.69) is 5.32 Å². The lowest BCUT2D eigenvalue weighted by Crippen LogP contribution is -2.70. The molecule has 1 heterocycles. The van der Waals surface area contributed by atoms with Crippen molar-refractivity contribution in [2.45, 2.75) is 17.9 Å². The van der Waals surface area contributed by atoms with E-state index < -0.39 is 34.6 Å². The molecule has 1 N–H and O–H groups in total. The highest BCUT2D eigenvalue weighted by Crippen LogP contribution is 2.53. The van der Waals surface area contributed by atoms with E-state index in [0.29, 0.717) is 5.39 Å². The number of hydrogen-bond donors (Lipinski definition) is 1. The third-order valence-electron chi connectivity index (χ3n) is 6.15. The summed E-state index contributed by atoms with van der Waals surface area (Å²) in [6.45, 7) is 1.48. The summed E-state index contributed by atoms with van der Waals surface area (Å²) >= 11 is 0. The van der Waals surface area contributed by atoms with Gasteiger partial charge in [-0.2, -0.15) is 0 Å². The van der Waals surface area contributed by atoms with Crippen molar-refractivity contribution < 1.29 is 33.4 Å². The van der Waals surface area contributed by atoms with Crippen LogP contribution in [0.3, 0.4) is 0 Å². The van der Waals surface area contributed by atoms with E-state index in [4.69, 9.17) is 14.2 Å². The Morgan fingerprint density at radius 2 is 1.41 bits per heavy atom. The average Bonchev–Trinajstić information content (AvgIpc) is 3.21. The average molecular weight is 461 g/mol. The highest BCUT2D eigenvalue weighted by Gasteiger charge is 2.77. The maximum Gasteiger partial charge on any atom is 0.345 e. The van der Waals surface area contributed by atoms with Gasteiger partial charge in [-0.3, -0.25) is 9.59 Å². The Hall–Kier alpha value is -4.20. The molecule has 0 amide bonds. The fourth-order valence-corrected chi connectivity index (χ4v) is 4.69. The van der Waals surface area contributed by atoms with Crippen molar-refractivity contribution in [3.05, 3.63) is 77.9 Å². The zero-order valence-electron chi connectivity index (χ0n) is 18.9. The molecule has 1 aliphatic rings. The molecule has 0 aromatic heterocycles. The first-order valence-corrected chi connectivity index (χ1v) is 10.6. The number of Topliss-reactive ketones (excluding diaryl/α,β-unsaturated/α-hetero) is 1. The molecule has 1 aliphatic heterocycles. The van der Waals surface area contributed by atoms with Gasteiger partial charge in [-0.1, -0.05) is 66.7 Å². The van der Waals surface area contributed by atoms with E-state index in [1.807, 2.05) is 12.1 Å². The fraction of sp³-hybridized carbons (Fsp3) is 0.231. The molecule has 3 aromatic rings. The quantitative estimate of drug-likeness (QED) is 0.258. The monoisotopic (exact) mass is 461 g/mol. The molecule has 8 heteroatoms. The summed E-state index contributed by atoms with van der Waals surface area (Å²) in [6.07, 6.45) is 0. The maximum atomic E-state index is 14.3. The number of anilines is 1. The summed E-state index contributed by atoms with van der Waals surface area (Å²) in [6, 6.07) is 18.4. The van der Waals surface area contributed by atoms with Crippen molar-refractivity contribution in [3.8, 4) is 0 Å². The molecule has 1 atom stereocenters. The first-order valence-electron chi connectivity index (χ1n) is 10.6. The van der Waals surface area contributed by atoms with Crippen LogP contribution in [0.4, 0.5) is 5.69 Å². The topological polar surface area (TPSA) is 108 Å². The number of carbonyl (C=O) groups excluding carboxylic acids is 4. The van der Waals surface area contributed by atoms with E-state index in [-0.39, 0.29) is 23.4 Å². The van der Waals surface area contributed by atoms with Gasteiger partial charge < -0.3 is 19.5 Å². The summed E-state index contributed by atoms with van der Waals surface area (Å²) in [7, 11) is 2.14. The predicted molar refractivity (Wildman–Crippen MR) is 123 cm³/mol.